The number of aromatic nitrogens is 3. The van der Waals surface area contributed by atoms with E-state index in [1.165, 1.54) is 4.68 Å². The van der Waals surface area contributed by atoms with Crippen molar-refractivity contribution >= 4 is 11.8 Å². The molecule has 2 aromatic rings. The van der Waals surface area contributed by atoms with Gasteiger partial charge in [-0.05, 0) is 32.9 Å². The molecule has 0 aliphatic heterocycles. The number of hydrogen-bond donors (Lipinski definition) is 2. The summed E-state index contributed by atoms with van der Waals surface area (Å²) in [5, 5.41) is 13.5. The standard InChI is InChI=1S/C18H25N5O3/c1-13(2)20-17(24)9-10-19-18(25)14(3)23-11-15(21-22-23)12-26-16-7-5-4-6-8-16/h4-8,11,13-14H,9-10,12H2,1-3H3,(H,19,25)(H,20,24). The first kappa shape index (κ1) is 19.4. The second-order valence-corrected chi connectivity index (χ2v) is 6.23. The smallest absolute Gasteiger partial charge is 0.244 e. The molecule has 1 aromatic heterocycles. The second kappa shape index (κ2) is 9.55. The quantitative estimate of drug-likeness (QED) is 0.706. The molecule has 1 atom stereocenters. The largest absolute Gasteiger partial charge is 0.487 e. The Bertz CT molecular complexity index is 715. The summed E-state index contributed by atoms with van der Waals surface area (Å²) < 4.78 is 7.09. The monoisotopic (exact) mass is 359 g/mol. The zero-order valence-corrected chi connectivity index (χ0v) is 15.3. The van der Waals surface area contributed by atoms with Gasteiger partial charge in [-0.1, -0.05) is 23.4 Å². The van der Waals surface area contributed by atoms with Crippen molar-refractivity contribution in [2.75, 3.05) is 6.54 Å². The third-order valence-corrected chi connectivity index (χ3v) is 3.56. The first-order valence-electron chi connectivity index (χ1n) is 8.61. The highest BCUT2D eigenvalue weighted by Gasteiger charge is 2.17. The Kier molecular flexibility index (Phi) is 7.13. The third kappa shape index (κ3) is 6.19. The number of rotatable bonds is 9. The maximum absolute atomic E-state index is 12.2. The number of amides is 2. The summed E-state index contributed by atoms with van der Waals surface area (Å²) in [6.07, 6.45) is 1.92. The normalized spacial score (nSPS) is 11.8. The van der Waals surface area contributed by atoms with Crippen molar-refractivity contribution in [3.63, 3.8) is 0 Å². The van der Waals surface area contributed by atoms with Crippen molar-refractivity contribution in [2.24, 2.45) is 0 Å². The zero-order valence-electron chi connectivity index (χ0n) is 15.3. The topological polar surface area (TPSA) is 98.1 Å². The van der Waals surface area contributed by atoms with Crippen LogP contribution in [0, 0.1) is 0 Å². The molecule has 2 N–H and O–H groups in total. The van der Waals surface area contributed by atoms with Gasteiger partial charge in [-0.15, -0.1) is 5.10 Å². The van der Waals surface area contributed by atoms with Crippen LogP contribution >= 0.6 is 0 Å². The molecule has 0 spiro atoms. The van der Waals surface area contributed by atoms with Crippen LogP contribution in [0.25, 0.3) is 0 Å². The molecule has 1 aromatic carbocycles. The first-order valence-corrected chi connectivity index (χ1v) is 8.61. The molecule has 0 bridgehead atoms. The summed E-state index contributed by atoms with van der Waals surface area (Å²) >= 11 is 0. The number of ether oxygens (including phenoxy) is 1. The van der Waals surface area contributed by atoms with E-state index in [0.717, 1.165) is 5.75 Å². The van der Waals surface area contributed by atoms with Crippen LogP contribution in [-0.2, 0) is 16.2 Å². The van der Waals surface area contributed by atoms with Gasteiger partial charge in [0.25, 0.3) is 0 Å². The maximum Gasteiger partial charge on any atom is 0.244 e. The second-order valence-electron chi connectivity index (χ2n) is 6.23. The van der Waals surface area contributed by atoms with Gasteiger partial charge in [0, 0.05) is 19.0 Å². The molecule has 0 fully saturated rings. The number of carbonyl (C=O) groups is 2. The lowest BCUT2D eigenvalue weighted by Crippen LogP contribution is -2.36. The van der Waals surface area contributed by atoms with Crippen LogP contribution in [0.5, 0.6) is 5.75 Å². The summed E-state index contributed by atoms with van der Waals surface area (Å²) in [6.45, 7) is 6.05. The zero-order chi connectivity index (χ0) is 18.9. The fraction of sp³-hybridized carbons (Fsp3) is 0.444. The van der Waals surface area contributed by atoms with Crippen molar-refractivity contribution in [2.45, 2.75) is 45.9 Å². The van der Waals surface area contributed by atoms with E-state index in [1.807, 2.05) is 44.2 Å². The van der Waals surface area contributed by atoms with Crippen molar-refractivity contribution < 1.29 is 14.3 Å². The van der Waals surface area contributed by atoms with Gasteiger partial charge in [0.05, 0.1) is 6.20 Å². The van der Waals surface area contributed by atoms with Crippen molar-refractivity contribution in [3.8, 4) is 5.75 Å². The van der Waals surface area contributed by atoms with Gasteiger partial charge in [-0.3, -0.25) is 9.59 Å². The summed E-state index contributed by atoms with van der Waals surface area (Å²) in [5.74, 6) is 0.435. The van der Waals surface area contributed by atoms with Crippen LogP contribution in [0.4, 0.5) is 0 Å². The summed E-state index contributed by atoms with van der Waals surface area (Å²) in [7, 11) is 0. The number of nitrogens with one attached hydrogen (secondary N) is 2. The molecule has 1 heterocycles. The number of carbonyl (C=O) groups excluding carboxylic acids is 2. The van der Waals surface area contributed by atoms with Gasteiger partial charge < -0.3 is 15.4 Å². The van der Waals surface area contributed by atoms with E-state index in [9.17, 15) is 9.59 Å². The number of hydrogen-bond acceptors (Lipinski definition) is 5. The molecule has 140 valence electrons. The Morgan fingerprint density at radius 3 is 2.62 bits per heavy atom. The van der Waals surface area contributed by atoms with Gasteiger partial charge in [-0.2, -0.15) is 0 Å². The van der Waals surface area contributed by atoms with Crippen LogP contribution in [0.1, 0.15) is 38.9 Å². The van der Waals surface area contributed by atoms with Crippen LogP contribution in [-0.4, -0.2) is 39.4 Å². The predicted octanol–water partition coefficient (Wildman–Crippen LogP) is 1.45. The van der Waals surface area contributed by atoms with Crippen molar-refractivity contribution in [1.29, 1.82) is 0 Å². The van der Waals surface area contributed by atoms with Gasteiger partial charge >= 0.3 is 0 Å². The van der Waals surface area contributed by atoms with Crippen LogP contribution in [0.2, 0.25) is 0 Å². The molecular formula is C18H25N5O3. The van der Waals surface area contributed by atoms with E-state index in [0.29, 0.717) is 5.69 Å². The fourth-order valence-electron chi connectivity index (χ4n) is 2.20. The van der Waals surface area contributed by atoms with E-state index in [1.54, 1.807) is 13.1 Å². The molecule has 0 saturated heterocycles. The Balaban J connectivity index is 1.78. The first-order chi connectivity index (χ1) is 12.5. The van der Waals surface area contributed by atoms with E-state index < -0.39 is 6.04 Å². The Hall–Kier alpha value is -2.90. The lowest BCUT2D eigenvalue weighted by molar-refractivity contribution is -0.124. The summed E-state index contributed by atoms with van der Waals surface area (Å²) in [5.41, 5.74) is 0.629. The Morgan fingerprint density at radius 1 is 1.19 bits per heavy atom. The molecule has 0 saturated carbocycles. The minimum Gasteiger partial charge on any atom is -0.487 e. The van der Waals surface area contributed by atoms with Gasteiger partial charge in [0.1, 0.15) is 24.1 Å². The van der Waals surface area contributed by atoms with E-state index in [4.69, 9.17) is 4.74 Å². The molecule has 26 heavy (non-hydrogen) atoms. The van der Waals surface area contributed by atoms with Crippen LogP contribution < -0.4 is 15.4 Å². The highest BCUT2D eigenvalue weighted by molar-refractivity contribution is 5.81. The van der Waals surface area contributed by atoms with Crippen LogP contribution in [0.3, 0.4) is 0 Å². The lowest BCUT2D eigenvalue weighted by atomic mass is 10.3. The highest BCUT2D eigenvalue weighted by Crippen LogP contribution is 2.11. The molecule has 2 rings (SSSR count). The van der Waals surface area contributed by atoms with Crippen molar-refractivity contribution in [3.05, 3.63) is 42.2 Å². The number of para-hydroxylation sites is 1. The van der Waals surface area contributed by atoms with Gasteiger partial charge in [-0.25, -0.2) is 4.68 Å². The average Bonchev–Trinajstić information content (AvgIpc) is 3.08. The fourth-order valence-corrected chi connectivity index (χ4v) is 2.20. The summed E-state index contributed by atoms with van der Waals surface area (Å²) in [4.78, 5) is 23.7. The third-order valence-electron chi connectivity index (χ3n) is 3.56. The van der Waals surface area contributed by atoms with E-state index in [-0.39, 0.29) is 37.4 Å². The Morgan fingerprint density at radius 2 is 1.92 bits per heavy atom. The lowest BCUT2D eigenvalue weighted by Gasteiger charge is -2.12. The predicted molar refractivity (Wildman–Crippen MR) is 96.4 cm³/mol. The molecule has 1 unspecified atom stereocenters. The Labute approximate surface area is 152 Å². The molecule has 2 amide bonds. The molecule has 8 heteroatoms. The number of benzene rings is 1. The van der Waals surface area contributed by atoms with E-state index >= 15 is 0 Å². The molecule has 0 aliphatic carbocycles. The SMILES string of the molecule is CC(C)NC(=O)CCNC(=O)C(C)n1cc(COc2ccccc2)nn1. The molecule has 0 radical (unpaired) electrons. The van der Waals surface area contributed by atoms with Gasteiger partial charge in [0.2, 0.25) is 11.8 Å². The van der Waals surface area contributed by atoms with Gasteiger partial charge in [0.15, 0.2) is 0 Å². The number of nitrogens with zero attached hydrogens (tertiary/aromatic N) is 3. The minimum atomic E-state index is -0.527. The maximum atomic E-state index is 12.2. The highest BCUT2D eigenvalue weighted by atomic mass is 16.5. The molecule has 0 aliphatic rings. The van der Waals surface area contributed by atoms with Crippen LogP contribution in [0.15, 0.2) is 36.5 Å². The van der Waals surface area contributed by atoms with E-state index in [2.05, 4.69) is 20.9 Å². The summed E-state index contributed by atoms with van der Waals surface area (Å²) in [6, 6.07) is 8.96. The van der Waals surface area contributed by atoms with Crippen molar-refractivity contribution in [1.82, 2.24) is 25.6 Å². The average molecular weight is 359 g/mol. The minimum absolute atomic E-state index is 0.0869. The molecule has 8 nitrogen and oxygen atoms in total. The molecular weight excluding hydrogens is 334 g/mol.